The minimum Gasteiger partial charge on any atom is -0.383 e. The van der Waals surface area contributed by atoms with Gasteiger partial charge in [-0.05, 0) is 32.4 Å². The molecule has 0 aromatic heterocycles. The van der Waals surface area contributed by atoms with Gasteiger partial charge in [-0.25, -0.2) is 0 Å². The quantitative estimate of drug-likeness (QED) is 0.690. The number of carbonyl (C=O) groups excluding carboxylic acids is 1. The van der Waals surface area contributed by atoms with Crippen LogP contribution < -0.4 is 0 Å². The van der Waals surface area contributed by atoms with Crippen LogP contribution in [0.2, 0.25) is 0 Å². The Hall–Kier alpha value is -1.05. The van der Waals surface area contributed by atoms with Crippen molar-refractivity contribution in [2.24, 2.45) is 0 Å². The van der Waals surface area contributed by atoms with Gasteiger partial charge in [0.25, 0.3) is 5.91 Å². The lowest BCUT2D eigenvalue weighted by Crippen LogP contribution is -2.31. The Kier molecular flexibility index (Phi) is 4.41. The van der Waals surface area contributed by atoms with Crippen LogP contribution in [-0.4, -0.2) is 59.6 Å². The Morgan fingerprint density at radius 2 is 1.82 bits per heavy atom. The molecule has 2 aliphatic rings. The number of rotatable bonds is 2. The van der Waals surface area contributed by atoms with Gasteiger partial charge in [-0.15, -0.1) is 0 Å². The van der Waals surface area contributed by atoms with E-state index in [1.807, 2.05) is 0 Å². The monoisotopic (exact) mass is 236 g/mol. The molecule has 2 rings (SSSR count). The summed E-state index contributed by atoms with van der Waals surface area (Å²) in [5.41, 5.74) is 0. The second kappa shape index (κ2) is 6.04. The molecule has 2 saturated heterocycles. The van der Waals surface area contributed by atoms with Crippen LogP contribution in [0, 0.1) is 11.8 Å². The van der Waals surface area contributed by atoms with Crippen molar-refractivity contribution in [3.05, 3.63) is 0 Å². The molecule has 0 aliphatic carbocycles. The Morgan fingerprint density at radius 3 is 2.47 bits per heavy atom. The van der Waals surface area contributed by atoms with E-state index in [1.54, 1.807) is 4.90 Å². The number of hydrogen-bond acceptors (Lipinski definition) is 3. The zero-order chi connectivity index (χ0) is 12.1. The van der Waals surface area contributed by atoms with Crippen LogP contribution in [0.4, 0.5) is 0 Å². The molecule has 0 bridgehead atoms. The number of carbonyl (C=O) groups is 1. The number of aliphatic hydroxyl groups is 1. The van der Waals surface area contributed by atoms with Gasteiger partial charge in [-0.3, -0.25) is 9.69 Å². The SMILES string of the molecule is O=C1C(O)CCN1CC#CCN1CCCCC1. The Labute approximate surface area is 103 Å². The van der Waals surface area contributed by atoms with E-state index in [0.717, 1.165) is 19.6 Å². The molecule has 4 heteroatoms. The molecule has 1 N–H and O–H groups in total. The smallest absolute Gasteiger partial charge is 0.252 e. The highest BCUT2D eigenvalue weighted by atomic mass is 16.3. The van der Waals surface area contributed by atoms with Gasteiger partial charge in [-0.1, -0.05) is 18.3 Å². The van der Waals surface area contributed by atoms with Crippen molar-refractivity contribution in [2.45, 2.75) is 31.8 Å². The fraction of sp³-hybridized carbons (Fsp3) is 0.769. The number of likely N-dealkylation sites (tertiary alicyclic amines) is 2. The zero-order valence-corrected chi connectivity index (χ0v) is 10.2. The summed E-state index contributed by atoms with van der Waals surface area (Å²) >= 11 is 0. The number of nitrogens with zero attached hydrogens (tertiary/aromatic N) is 2. The molecule has 1 atom stereocenters. The van der Waals surface area contributed by atoms with Gasteiger partial charge in [0.1, 0.15) is 6.10 Å². The number of piperidine rings is 1. The van der Waals surface area contributed by atoms with Crippen LogP contribution in [-0.2, 0) is 4.79 Å². The zero-order valence-electron chi connectivity index (χ0n) is 10.2. The lowest BCUT2D eigenvalue weighted by atomic mass is 10.1. The maximum atomic E-state index is 11.4. The summed E-state index contributed by atoms with van der Waals surface area (Å²) in [4.78, 5) is 15.4. The highest BCUT2D eigenvalue weighted by Gasteiger charge is 2.28. The highest BCUT2D eigenvalue weighted by molar-refractivity contribution is 5.82. The standard InChI is InChI=1S/C13H20N2O2/c16-12-6-11-15(13(12)17)10-5-4-9-14-7-2-1-3-8-14/h12,16H,1-3,6-11H2. The summed E-state index contributed by atoms with van der Waals surface area (Å²) in [6, 6.07) is 0. The third-order valence-electron chi connectivity index (χ3n) is 3.42. The van der Waals surface area contributed by atoms with Crippen molar-refractivity contribution in [2.75, 3.05) is 32.7 Å². The molecule has 2 fully saturated rings. The molecule has 0 aromatic carbocycles. The number of amides is 1. The van der Waals surface area contributed by atoms with Crippen LogP contribution in [0.5, 0.6) is 0 Å². The Morgan fingerprint density at radius 1 is 1.12 bits per heavy atom. The number of aliphatic hydroxyl groups excluding tert-OH is 1. The summed E-state index contributed by atoms with van der Waals surface area (Å²) < 4.78 is 0. The molecule has 17 heavy (non-hydrogen) atoms. The van der Waals surface area contributed by atoms with E-state index in [-0.39, 0.29) is 5.91 Å². The van der Waals surface area contributed by atoms with Crippen molar-refractivity contribution < 1.29 is 9.90 Å². The maximum Gasteiger partial charge on any atom is 0.252 e. The second-order valence-corrected chi connectivity index (χ2v) is 4.75. The fourth-order valence-corrected chi connectivity index (χ4v) is 2.32. The van der Waals surface area contributed by atoms with Gasteiger partial charge < -0.3 is 10.0 Å². The molecule has 2 aliphatic heterocycles. The minimum absolute atomic E-state index is 0.169. The maximum absolute atomic E-state index is 11.4. The lowest BCUT2D eigenvalue weighted by Gasteiger charge is -2.23. The van der Waals surface area contributed by atoms with Gasteiger partial charge in [0, 0.05) is 6.54 Å². The molecule has 1 unspecified atom stereocenters. The summed E-state index contributed by atoms with van der Waals surface area (Å²) in [6.45, 7) is 4.21. The molecule has 0 aromatic rings. The summed E-state index contributed by atoms with van der Waals surface area (Å²) in [5.74, 6) is 5.98. The molecule has 0 radical (unpaired) electrons. The molecular formula is C13H20N2O2. The predicted octanol–water partition coefficient (Wildman–Crippen LogP) is 0.0689. The van der Waals surface area contributed by atoms with E-state index in [0.29, 0.717) is 19.5 Å². The first kappa shape index (κ1) is 12.4. The van der Waals surface area contributed by atoms with Crippen LogP contribution in [0.15, 0.2) is 0 Å². The second-order valence-electron chi connectivity index (χ2n) is 4.75. The van der Waals surface area contributed by atoms with Crippen LogP contribution in [0.3, 0.4) is 0 Å². The first-order valence-corrected chi connectivity index (χ1v) is 6.42. The molecule has 94 valence electrons. The van der Waals surface area contributed by atoms with Crippen molar-refractivity contribution in [3.8, 4) is 11.8 Å². The first-order valence-electron chi connectivity index (χ1n) is 6.42. The van der Waals surface area contributed by atoms with Gasteiger partial charge in [0.2, 0.25) is 0 Å². The van der Waals surface area contributed by atoms with E-state index in [2.05, 4.69) is 16.7 Å². The molecular weight excluding hydrogens is 216 g/mol. The first-order chi connectivity index (χ1) is 8.27. The summed E-state index contributed by atoms with van der Waals surface area (Å²) in [5, 5.41) is 9.28. The average Bonchev–Trinajstić information content (AvgIpc) is 2.67. The molecule has 2 heterocycles. The molecule has 0 saturated carbocycles. The van der Waals surface area contributed by atoms with Gasteiger partial charge >= 0.3 is 0 Å². The van der Waals surface area contributed by atoms with E-state index in [4.69, 9.17) is 0 Å². The largest absolute Gasteiger partial charge is 0.383 e. The van der Waals surface area contributed by atoms with Gasteiger partial charge in [0.15, 0.2) is 0 Å². The van der Waals surface area contributed by atoms with Crippen LogP contribution in [0.25, 0.3) is 0 Å². The normalized spacial score (nSPS) is 25.8. The third kappa shape index (κ3) is 3.45. The third-order valence-corrected chi connectivity index (χ3v) is 3.42. The van der Waals surface area contributed by atoms with Gasteiger partial charge in [-0.2, -0.15) is 0 Å². The topological polar surface area (TPSA) is 43.8 Å². The lowest BCUT2D eigenvalue weighted by molar-refractivity contribution is -0.133. The average molecular weight is 236 g/mol. The molecule has 1 amide bonds. The van der Waals surface area contributed by atoms with Crippen molar-refractivity contribution in [3.63, 3.8) is 0 Å². The van der Waals surface area contributed by atoms with E-state index in [9.17, 15) is 9.90 Å². The molecule has 0 spiro atoms. The molecule has 4 nitrogen and oxygen atoms in total. The number of hydrogen-bond donors (Lipinski definition) is 1. The van der Waals surface area contributed by atoms with Gasteiger partial charge in [0.05, 0.1) is 13.1 Å². The van der Waals surface area contributed by atoms with E-state index >= 15 is 0 Å². The van der Waals surface area contributed by atoms with Crippen LogP contribution >= 0.6 is 0 Å². The van der Waals surface area contributed by atoms with Crippen LogP contribution in [0.1, 0.15) is 25.7 Å². The minimum atomic E-state index is -0.793. The van der Waals surface area contributed by atoms with Crippen molar-refractivity contribution >= 4 is 5.91 Å². The van der Waals surface area contributed by atoms with E-state index < -0.39 is 6.10 Å². The summed E-state index contributed by atoms with van der Waals surface area (Å²) in [6.07, 6.45) is 3.65. The summed E-state index contributed by atoms with van der Waals surface area (Å²) in [7, 11) is 0. The fourth-order valence-electron chi connectivity index (χ4n) is 2.32. The Bertz CT molecular complexity index is 326. The van der Waals surface area contributed by atoms with Crippen molar-refractivity contribution in [1.29, 1.82) is 0 Å². The highest BCUT2D eigenvalue weighted by Crippen LogP contribution is 2.09. The Balaban J connectivity index is 1.69. The predicted molar refractivity (Wildman–Crippen MR) is 65.3 cm³/mol. The van der Waals surface area contributed by atoms with Crippen molar-refractivity contribution in [1.82, 2.24) is 9.80 Å². The van der Waals surface area contributed by atoms with E-state index in [1.165, 1.54) is 19.3 Å².